The van der Waals surface area contributed by atoms with Crippen LogP contribution in [0.25, 0.3) is 0 Å². The zero-order valence-electron chi connectivity index (χ0n) is 8.76. The van der Waals surface area contributed by atoms with Gasteiger partial charge in [-0.3, -0.25) is 0 Å². The Morgan fingerprint density at radius 1 is 1.53 bits per heavy atom. The lowest BCUT2D eigenvalue weighted by Gasteiger charge is -2.14. The standard InChI is InChI=1S/C11H16BrFN2/c1-8(15-6-2-5-14)10-4-3-9(12)7-11(10)13/h3-4,7-8,15H,2,5-6,14H2,1H3. The van der Waals surface area contributed by atoms with Gasteiger partial charge >= 0.3 is 0 Å². The van der Waals surface area contributed by atoms with E-state index in [-0.39, 0.29) is 11.9 Å². The quantitative estimate of drug-likeness (QED) is 0.810. The Morgan fingerprint density at radius 2 is 2.27 bits per heavy atom. The third-order valence-electron chi connectivity index (χ3n) is 2.26. The van der Waals surface area contributed by atoms with E-state index in [0.29, 0.717) is 12.1 Å². The van der Waals surface area contributed by atoms with Gasteiger partial charge in [0, 0.05) is 16.1 Å². The van der Waals surface area contributed by atoms with Gasteiger partial charge in [0.05, 0.1) is 0 Å². The van der Waals surface area contributed by atoms with E-state index in [4.69, 9.17) is 5.73 Å². The van der Waals surface area contributed by atoms with Crippen molar-refractivity contribution in [2.45, 2.75) is 19.4 Å². The van der Waals surface area contributed by atoms with Crippen LogP contribution in [0.15, 0.2) is 22.7 Å². The first-order chi connectivity index (χ1) is 7.15. The Kier molecular flexibility index (Phi) is 5.22. The van der Waals surface area contributed by atoms with E-state index in [0.717, 1.165) is 17.4 Å². The molecule has 0 aromatic heterocycles. The second kappa shape index (κ2) is 6.20. The smallest absolute Gasteiger partial charge is 0.129 e. The van der Waals surface area contributed by atoms with Gasteiger partial charge in [-0.25, -0.2) is 4.39 Å². The first-order valence-electron chi connectivity index (χ1n) is 5.03. The molecule has 3 N–H and O–H groups in total. The van der Waals surface area contributed by atoms with Crippen LogP contribution in [0.5, 0.6) is 0 Å². The predicted molar refractivity (Wildman–Crippen MR) is 64.2 cm³/mol. The van der Waals surface area contributed by atoms with Crippen molar-refractivity contribution < 1.29 is 4.39 Å². The van der Waals surface area contributed by atoms with Crippen LogP contribution >= 0.6 is 15.9 Å². The summed E-state index contributed by atoms with van der Waals surface area (Å²) in [6.45, 7) is 3.42. The second-order valence-corrected chi connectivity index (χ2v) is 4.40. The van der Waals surface area contributed by atoms with Gasteiger partial charge < -0.3 is 11.1 Å². The molecule has 0 aliphatic rings. The number of halogens is 2. The fourth-order valence-electron chi connectivity index (χ4n) is 1.38. The van der Waals surface area contributed by atoms with Gasteiger partial charge in [-0.15, -0.1) is 0 Å². The molecule has 1 unspecified atom stereocenters. The van der Waals surface area contributed by atoms with Gasteiger partial charge in [0.2, 0.25) is 0 Å². The molecule has 1 aromatic carbocycles. The molecule has 1 aromatic rings. The molecule has 84 valence electrons. The minimum Gasteiger partial charge on any atom is -0.330 e. The van der Waals surface area contributed by atoms with Crippen LogP contribution < -0.4 is 11.1 Å². The van der Waals surface area contributed by atoms with Crippen LogP contribution in [0, 0.1) is 5.82 Å². The first kappa shape index (κ1) is 12.6. The predicted octanol–water partition coefficient (Wildman–Crippen LogP) is 2.59. The van der Waals surface area contributed by atoms with Crippen molar-refractivity contribution in [2.75, 3.05) is 13.1 Å². The van der Waals surface area contributed by atoms with E-state index in [1.54, 1.807) is 6.07 Å². The largest absolute Gasteiger partial charge is 0.330 e. The van der Waals surface area contributed by atoms with Gasteiger partial charge in [0.25, 0.3) is 0 Å². The van der Waals surface area contributed by atoms with Crippen LogP contribution in [0.1, 0.15) is 24.9 Å². The second-order valence-electron chi connectivity index (χ2n) is 3.48. The molecule has 4 heteroatoms. The molecular formula is C11H16BrFN2. The highest BCUT2D eigenvalue weighted by molar-refractivity contribution is 9.10. The lowest BCUT2D eigenvalue weighted by atomic mass is 10.1. The van der Waals surface area contributed by atoms with Crippen molar-refractivity contribution in [2.24, 2.45) is 5.73 Å². The molecule has 0 amide bonds. The summed E-state index contributed by atoms with van der Waals surface area (Å²) < 4.78 is 14.3. The summed E-state index contributed by atoms with van der Waals surface area (Å²) in [7, 11) is 0. The fourth-order valence-corrected chi connectivity index (χ4v) is 1.72. The third-order valence-corrected chi connectivity index (χ3v) is 2.75. The van der Waals surface area contributed by atoms with E-state index in [2.05, 4.69) is 21.2 Å². The van der Waals surface area contributed by atoms with Crippen LogP contribution in [0.2, 0.25) is 0 Å². The molecule has 15 heavy (non-hydrogen) atoms. The van der Waals surface area contributed by atoms with E-state index in [1.165, 1.54) is 6.07 Å². The topological polar surface area (TPSA) is 38.0 Å². The number of rotatable bonds is 5. The number of hydrogen-bond donors (Lipinski definition) is 2. The Hall–Kier alpha value is -0.450. The van der Waals surface area contributed by atoms with Crippen LogP contribution in [0.3, 0.4) is 0 Å². The normalized spacial score (nSPS) is 12.8. The SMILES string of the molecule is CC(NCCCN)c1ccc(Br)cc1F. The van der Waals surface area contributed by atoms with Crippen molar-refractivity contribution in [1.82, 2.24) is 5.32 Å². The summed E-state index contributed by atoms with van der Waals surface area (Å²) >= 11 is 3.23. The van der Waals surface area contributed by atoms with Crippen molar-refractivity contribution in [3.05, 3.63) is 34.1 Å². The molecule has 0 fully saturated rings. The molecular weight excluding hydrogens is 259 g/mol. The van der Waals surface area contributed by atoms with E-state index >= 15 is 0 Å². The molecule has 1 atom stereocenters. The highest BCUT2D eigenvalue weighted by Crippen LogP contribution is 2.20. The van der Waals surface area contributed by atoms with Crippen molar-refractivity contribution in [3.8, 4) is 0 Å². The summed E-state index contributed by atoms with van der Waals surface area (Å²) in [5, 5.41) is 3.22. The number of nitrogens with one attached hydrogen (secondary N) is 1. The van der Waals surface area contributed by atoms with Crippen molar-refractivity contribution in [1.29, 1.82) is 0 Å². The maximum absolute atomic E-state index is 13.5. The van der Waals surface area contributed by atoms with E-state index in [1.807, 2.05) is 13.0 Å². The van der Waals surface area contributed by atoms with Gasteiger partial charge in [0.1, 0.15) is 5.82 Å². The Morgan fingerprint density at radius 3 is 2.87 bits per heavy atom. The van der Waals surface area contributed by atoms with Gasteiger partial charge in [0.15, 0.2) is 0 Å². The van der Waals surface area contributed by atoms with E-state index < -0.39 is 0 Å². The van der Waals surface area contributed by atoms with Gasteiger partial charge in [-0.2, -0.15) is 0 Å². The monoisotopic (exact) mass is 274 g/mol. The van der Waals surface area contributed by atoms with Crippen LogP contribution in [-0.2, 0) is 0 Å². The summed E-state index contributed by atoms with van der Waals surface area (Å²) in [5.74, 6) is -0.183. The molecule has 0 bridgehead atoms. The molecule has 0 aliphatic heterocycles. The Balaban J connectivity index is 2.61. The molecule has 1 rings (SSSR count). The maximum Gasteiger partial charge on any atom is 0.129 e. The molecule has 0 saturated heterocycles. The zero-order valence-corrected chi connectivity index (χ0v) is 10.3. The molecule has 0 saturated carbocycles. The fraction of sp³-hybridized carbons (Fsp3) is 0.455. The third kappa shape index (κ3) is 3.89. The van der Waals surface area contributed by atoms with Crippen LogP contribution in [0.4, 0.5) is 4.39 Å². The van der Waals surface area contributed by atoms with Gasteiger partial charge in [-0.1, -0.05) is 22.0 Å². The maximum atomic E-state index is 13.5. The van der Waals surface area contributed by atoms with E-state index in [9.17, 15) is 4.39 Å². The Labute approximate surface area is 98.2 Å². The molecule has 0 radical (unpaired) electrons. The zero-order chi connectivity index (χ0) is 11.3. The lowest BCUT2D eigenvalue weighted by Crippen LogP contribution is -2.22. The number of nitrogens with two attached hydrogens (primary N) is 1. The molecule has 0 heterocycles. The Bertz CT molecular complexity index is 317. The average Bonchev–Trinajstić information content (AvgIpc) is 2.17. The summed E-state index contributed by atoms with van der Waals surface area (Å²) in [4.78, 5) is 0. The average molecular weight is 275 g/mol. The number of hydrogen-bond acceptors (Lipinski definition) is 2. The molecule has 2 nitrogen and oxygen atoms in total. The highest BCUT2D eigenvalue weighted by Gasteiger charge is 2.09. The summed E-state index contributed by atoms with van der Waals surface area (Å²) in [6.07, 6.45) is 0.905. The van der Waals surface area contributed by atoms with Crippen molar-refractivity contribution in [3.63, 3.8) is 0 Å². The highest BCUT2D eigenvalue weighted by atomic mass is 79.9. The molecule has 0 aliphatic carbocycles. The lowest BCUT2D eigenvalue weighted by molar-refractivity contribution is 0.523. The minimum absolute atomic E-state index is 0.0182. The minimum atomic E-state index is -0.183. The van der Waals surface area contributed by atoms with Gasteiger partial charge in [-0.05, 0) is 38.6 Å². The number of benzene rings is 1. The molecule has 0 spiro atoms. The summed E-state index contributed by atoms with van der Waals surface area (Å²) in [5.41, 5.74) is 6.07. The first-order valence-corrected chi connectivity index (χ1v) is 5.83. The summed E-state index contributed by atoms with van der Waals surface area (Å²) in [6, 6.07) is 5.14. The van der Waals surface area contributed by atoms with Crippen molar-refractivity contribution >= 4 is 15.9 Å². The van der Waals surface area contributed by atoms with Crippen LogP contribution in [-0.4, -0.2) is 13.1 Å².